The third kappa shape index (κ3) is 7.27. The highest BCUT2D eigenvalue weighted by atomic mass is 16.5. The van der Waals surface area contributed by atoms with Gasteiger partial charge in [0, 0.05) is 45.1 Å². The molecule has 6 aromatic rings. The van der Waals surface area contributed by atoms with Crippen molar-refractivity contribution in [1.82, 2.24) is 33.9 Å². The molecule has 270 valence electrons. The van der Waals surface area contributed by atoms with Crippen LogP contribution in [-0.4, -0.2) is 69.9 Å². The predicted octanol–water partition coefficient (Wildman–Crippen LogP) is 4.39. The Labute approximate surface area is 298 Å². The highest BCUT2D eigenvalue weighted by Crippen LogP contribution is 2.32. The smallest absolute Gasteiger partial charge is 0.295 e. The number of hydrogen-bond donors (Lipinski definition) is 4. The van der Waals surface area contributed by atoms with Gasteiger partial charge < -0.3 is 29.1 Å². The minimum atomic E-state index is -0.677. The number of aliphatic hydroxyl groups excluding tert-OH is 1. The van der Waals surface area contributed by atoms with Gasteiger partial charge in [-0.25, -0.2) is 15.0 Å². The number of carbonyl (C=O) groups is 3. The molecule has 0 saturated heterocycles. The van der Waals surface area contributed by atoms with Gasteiger partial charge in [-0.15, -0.1) is 0 Å². The molecule has 4 heterocycles. The van der Waals surface area contributed by atoms with Gasteiger partial charge >= 0.3 is 0 Å². The third-order valence-corrected chi connectivity index (χ3v) is 8.28. The van der Waals surface area contributed by atoms with Crippen molar-refractivity contribution in [3.63, 3.8) is 0 Å². The van der Waals surface area contributed by atoms with Crippen molar-refractivity contribution < 1.29 is 28.6 Å². The number of nitrogens with one attached hydrogen (secondary N) is 2. The van der Waals surface area contributed by atoms with Crippen LogP contribution in [0.5, 0.6) is 5.75 Å². The molecule has 52 heavy (non-hydrogen) atoms. The van der Waals surface area contributed by atoms with Gasteiger partial charge in [0.25, 0.3) is 11.8 Å². The van der Waals surface area contributed by atoms with Gasteiger partial charge in [-0.05, 0) is 50.6 Å². The number of oxazole rings is 1. The van der Waals surface area contributed by atoms with Crippen molar-refractivity contribution in [2.75, 3.05) is 23.8 Å². The number of allylic oxidation sites excluding steroid dienone is 2. The zero-order valence-electron chi connectivity index (χ0n) is 29.3. The van der Waals surface area contributed by atoms with Crippen molar-refractivity contribution in [2.24, 2.45) is 5.73 Å². The summed E-state index contributed by atoms with van der Waals surface area (Å²) in [5.74, 6) is -0.278. The fourth-order valence-corrected chi connectivity index (χ4v) is 5.90. The van der Waals surface area contributed by atoms with Gasteiger partial charge in [0.2, 0.25) is 23.6 Å². The fourth-order valence-electron chi connectivity index (χ4n) is 5.90. The van der Waals surface area contributed by atoms with Crippen molar-refractivity contribution in [1.29, 1.82) is 0 Å². The molecule has 0 radical (unpaired) electrons. The molecule has 6 rings (SSSR count). The maximum Gasteiger partial charge on any atom is 0.295 e. The lowest BCUT2D eigenvalue weighted by Crippen LogP contribution is -2.19. The average molecular weight is 709 g/mol. The first-order valence-electron chi connectivity index (χ1n) is 16.9. The van der Waals surface area contributed by atoms with E-state index in [2.05, 4.69) is 30.7 Å². The molecule has 2 aromatic carbocycles. The van der Waals surface area contributed by atoms with Gasteiger partial charge in [-0.3, -0.25) is 29.7 Å². The summed E-state index contributed by atoms with van der Waals surface area (Å²) in [7, 11) is 0. The second-order valence-electron chi connectivity index (χ2n) is 11.9. The van der Waals surface area contributed by atoms with E-state index in [-0.39, 0.29) is 42.9 Å². The Hall–Kier alpha value is -6.29. The highest BCUT2D eigenvalue weighted by Gasteiger charge is 2.24. The number of ether oxygens (including phenoxy) is 1. The lowest BCUT2D eigenvalue weighted by Gasteiger charge is -2.12. The number of amides is 3. The summed E-state index contributed by atoms with van der Waals surface area (Å²) >= 11 is 0. The molecule has 0 aliphatic heterocycles. The lowest BCUT2D eigenvalue weighted by atomic mass is 10.1. The van der Waals surface area contributed by atoms with Crippen LogP contribution in [0.15, 0.2) is 59.0 Å². The number of aliphatic hydroxyl groups is 1. The van der Waals surface area contributed by atoms with Crippen molar-refractivity contribution in [2.45, 2.75) is 60.2 Å². The third-order valence-electron chi connectivity index (χ3n) is 8.28. The van der Waals surface area contributed by atoms with Crippen LogP contribution in [0.3, 0.4) is 0 Å². The number of aromatic nitrogens is 7. The number of nitrogens with two attached hydrogens (primary N) is 1. The molecule has 0 fully saturated rings. The molecule has 0 aliphatic rings. The predicted molar refractivity (Wildman–Crippen MR) is 193 cm³/mol. The van der Waals surface area contributed by atoms with Crippen LogP contribution < -0.4 is 21.1 Å². The summed E-state index contributed by atoms with van der Waals surface area (Å²) in [5.41, 5.74) is 9.85. The Morgan fingerprint density at radius 1 is 0.942 bits per heavy atom. The molecule has 16 nitrogen and oxygen atoms in total. The summed E-state index contributed by atoms with van der Waals surface area (Å²) in [6, 6.07) is 12.4. The number of fused-ring (bicyclic) bond motifs is 2. The number of carbonyl (C=O) groups excluding carboxylic acids is 3. The molecule has 0 unspecified atom stereocenters. The Morgan fingerprint density at radius 2 is 1.65 bits per heavy atom. The van der Waals surface area contributed by atoms with Crippen LogP contribution in [0.4, 0.5) is 11.9 Å². The number of imidazole rings is 2. The number of rotatable bonds is 15. The molecule has 0 spiro atoms. The van der Waals surface area contributed by atoms with E-state index >= 15 is 0 Å². The monoisotopic (exact) mass is 708 g/mol. The van der Waals surface area contributed by atoms with E-state index in [4.69, 9.17) is 14.9 Å². The summed E-state index contributed by atoms with van der Waals surface area (Å²) < 4.78 is 16.9. The second kappa shape index (κ2) is 15.3. The summed E-state index contributed by atoms with van der Waals surface area (Å²) in [4.78, 5) is 52.7. The molecule has 3 amide bonds. The van der Waals surface area contributed by atoms with Gasteiger partial charge in [-0.1, -0.05) is 31.2 Å². The maximum atomic E-state index is 13.5. The lowest BCUT2D eigenvalue weighted by molar-refractivity contribution is 0.0987. The van der Waals surface area contributed by atoms with Crippen LogP contribution in [0.25, 0.3) is 22.1 Å². The molecular weight excluding hydrogens is 668 g/mol. The zero-order chi connectivity index (χ0) is 36.9. The van der Waals surface area contributed by atoms with Crippen LogP contribution in [-0.2, 0) is 26.1 Å². The van der Waals surface area contributed by atoms with E-state index in [0.717, 1.165) is 11.2 Å². The topological polar surface area (TPSA) is 210 Å². The molecule has 0 atom stereocenters. The Kier molecular flexibility index (Phi) is 10.5. The molecule has 5 N–H and O–H groups in total. The summed E-state index contributed by atoms with van der Waals surface area (Å²) in [5, 5.41) is 19.6. The number of benzene rings is 2. The van der Waals surface area contributed by atoms with Crippen LogP contribution >= 0.6 is 0 Å². The maximum absolute atomic E-state index is 13.5. The first-order valence-corrected chi connectivity index (χ1v) is 16.9. The summed E-state index contributed by atoms with van der Waals surface area (Å²) in [6.07, 6.45) is 4.61. The molecule has 0 aliphatic carbocycles. The van der Waals surface area contributed by atoms with Crippen molar-refractivity contribution in [3.8, 4) is 5.75 Å². The van der Waals surface area contributed by atoms with Gasteiger partial charge in [-0.2, -0.15) is 5.10 Å². The Morgan fingerprint density at radius 3 is 2.38 bits per heavy atom. The van der Waals surface area contributed by atoms with E-state index < -0.39 is 11.8 Å². The van der Waals surface area contributed by atoms with E-state index in [1.165, 1.54) is 12.1 Å². The number of aryl methyl sites for hydroxylation is 4. The quantitative estimate of drug-likeness (QED) is 0.0873. The SMILES string of the molecule is CCc1nc(C)oc1C(=O)Nc1nc2cc(C(N)=O)cc(OCCCO)c2n1C/C=C/Cn1c(NC(=O)c2cc(C)nn2CC)nc2ccccc21. The highest BCUT2D eigenvalue weighted by molar-refractivity contribution is 6.04. The van der Waals surface area contributed by atoms with E-state index in [9.17, 15) is 19.5 Å². The fraction of sp³-hybridized carbons (Fsp3) is 0.306. The Bertz CT molecular complexity index is 2310. The first kappa shape index (κ1) is 35.5. The normalized spacial score (nSPS) is 11.6. The molecule has 0 bridgehead atoms. The molecule has 0 saturated carbocycles. The molecular formula is C36H40N10O6. The average Bonchev–Trinajstić information content (AvgIpc) is 3.89. The van der Waals surface area contributed by atoms with Crippen LogP contribution in [0, 0.1) is 13.8 Å². The van der Waals surface area contributed by atoms with Crippen molar-refractivity contribution >= 4 is 51.7 Å². The van der Waals surface area contributed by atoms with E-state index in [1.807, 2.05) is 61.8 Å². The number of anilines is 2. The summed E-state index contributed by atoms with van der Waals surface area (Å²) in [6.45, 7) is 8.44. The minimum absolute atomic E-state index is 0.0742. The largest absolute Gasteiger partial charge is 0.491 e. The minimum Gasteiger partial charge on any atom is -0.491 e. The number of para-hydroxylation sites is 2. The van der Waals surface area contributed by atoms with Gasteiger partial charge in [0.05, 0.1) is 34.5 Å². The Balaban J connectivity index is 1.35. The van der Waals surface area contributed by atoms with E-state index in [0.29, 0.717) is 71.5 Å². The number of nitrogens with zero attached hydrogens (tertiary/aromatic N) is 7. The second-order valence-corrected chi connectivity index (χ2v) is 11.9. The molecule has 4 aromatic heterocycles. The zero-order valence-corrected chi connectivity index (χ0v) is 29.3. The number of primary amides is 1. The van der Waals surface area contributed by atoms with Crippen LogP contribution in [0.1, 0.15) is 68.9 Å². The van der Waals surface area contributed by atoms with Gasteiger partial charge in [0.15, 0.2) is 5.89 Å². The standard InChI is InChI=1S/C36H40N10O6/c1-5-24-31(52-22(4)38-24)34(50)42-36-40-26-19-23(32(37)48)20-29(51-17-11-16-47)30(26)45(36)15-10-9-14-44-27-13-8-7-12-25(27)39-35(44)41-33(49)28-18-21(3)43-46(28)6-2/h7-10,12-13,18-20,47H,5-6,11,14-17H2,1-4H3,(H2,37,48)(H,39,41,49)(H,40,42,50)/b10-9+. The molecule has 16 heteroatoms. The van der Waals surface area contributed by atoms with E-state index in [1.54, 1.807) is 22.2 Å². The van der Waals surface area contributed by atoms with Crippen LogP contribution in [0.2, 0.25) is 0 Å². The van der Waals surface area contributed by atoms with Crippen molar-refractivity contribution in [3.05, 3.63) is 88.9 Å². The number of hydrogen-bond acceptors (Lipinski definition) is 10. The first-order chi connectivity index (χ1) is 25.1. The van der Waals surface area contributed by atoms with Gasteiger partial charge in [0.1, 0.15) is 17.0 Å².